The summed E-state index contributed by atoms with van der Waals surface area (Å²) >= 11 is 13.0. The Labute approximate surface area is 233 Å². The molecule has 0 fully saturated rings. The van der Waals surface area contributed by atoms with Crippen LogP contribution in [0.4, 0.5) is 0 Å². The van der Waals surface area contributed by atoms with Crippen molar-refractivity contribution in [2.45, 2.75) is 53.3 Å². The number of benzene rings is 3. The molecule has 8 heteroatoms. The molecule has 4 rings (SSSR count). The number of rotatable bonds is 11. The van der Waals surface area contributed by atoms with E-state index in [2.05, 4.69) is 19.2 Å². The summed E-state index contributed by atoms with van der Waals surface area (Å²) in [6.07, 6.45) is 1.86. The quantitative estimate of drug-likeness (QED) is 0.204. The van der Waals surface area contributed by atoms with Gasteiger partial charge in [-0.15, -0.1) is 0 Å². The first-order valence-electron chi connectivity index (χ1n) is 12.6. The van der Waals surface area contributed by atoms with E-state index in [1.807, 2.05) is 54.1 Å². The molecule has 198 valence electrons. The van der Waals surface area contributed by atoms with Gasteiger partial charge in [0.05, 0.1) is 27.0 Å². The second-order valence-corrected chi connectivity index (χ2v) is 10.0. The molecular weight excluding hydrogens is 521 g/mol. The summed E-state index contributed by atoms with van der Waals surface area (Å²) in [5.74, 6) is -0.160. The van der Waals surface area contributed by atoms with E-state index in [0.29, 0.717) is 35.4 Å². The summed E-state index contributed by atoms with van der Waals surface area (Å²) in [6, 6.07) is 18.4. The Hall–Kier alpha value is -3.32. The van der Waals surface area contributed by atoms with E-state index in [1.54, 1.807) is 18.2 Å². The van der Waals surface area contributed by atoms with Crippen LogP contribution < -0.4 is 10.1 Å². The number of carbonyl (C=O) groups is 1. The van der Waals surface area contributed by atoms with Crippen LogP contribution in [0.15, 0.2) is 60.7 Å². The molecule has 3 aromatic carbocycles. The van der Waals surface area contributed by atoms with Crippen LogP contribution in [-0.4, -0.2) is 20.9 Å². The summed E-state index contributed by atoms with van der Waals surface area (Å²) in [7, 11) is 0. The molecule has 0 saturated carbocycles. The van der Waals surface area contributed by atoms with E-state index in [-0.39, 0.29) is 5.56 Å². The number of carboxylic acids is 1. The maximum atomic E-state index is 11.2. The number of carboxylic acid groups (broad SMARTS) is 1. The molecule has 4 aromatic rings. The van der Waals surface area contributed by atoms with Crippen LogP contribution in [0.2, 0.25) is 10.0 Å². The first-order valence-corrected chi connectivity index (χ1v) is 13.3. The van der Waals surface area contributed by atoms with Crippen molar-refractivity contribution in [3.63, 3.8) is 0 Å². The van der Waals surface area contributed by atoms with E-state index in [4.69, 9.17) is 33.0 Å². The Bertz CT molecular complexity index is 1430. The molecule has 0 atom stereocenters. The van der Waals surface area contributed by atoms with Crippen molar-refractivity contribution in [3.8, 4) is 11.4 Å². The molecule has 0 bridgehead atoms. The highest BCUT2D eigenvalue weighted by molar-refractivity contribution is 6.37. The van der Waals surface area contributed by atoms with Gasteiger partial charge in [-0.1, -0.05) is 60.8 Å². The van der Waals surface area contributed by atoms with E-state index < -0.39 is 5.97 Å². The monoisotopic (exact) mass is 551 g/mol. The maximum Gasteiger partial charge on any atom is 0.335 e. The van der Waals surface area contributed by atoms with Crippen LogP contribution in [0.25, 0.3) is 5.69 Å². The molecule has 0 aliphatic rings. The average Bonchev–Trinajstić information content (AvgIpc) is 3.18. The highest BCUT2D eigenvalue weighted by Crippen LogP contribution is 2.32. The molecule has 0 spiro atoms. The third kappa shape index (κ3) is 6.38. The summed E-state index contributed by atoms with van der Waals surface area (Å²) in [4.78, 5) is 11.2. The number of hydrogen-bond donors (Lipinski definition) is 2. The van der Waals surface area contributed by atoms with Crippen LogP contribution in [0.3, 0.4) is 0 Å². The zero-order valence-electron chi connectivity index (χ0n) is 21.7. The van der Waals surface area contributed by atoms with Crippen molar-refractivity contribution in [2.24, 2.45) is 0 Å². The molecule has 0 aliphatic carbocycles. The number of nitrogens with zero attached hydrogens (tertiary/aromatic N) is 2. The predicted octanol–water partition coefficient (Wildman–Crippen LogP) is 7.32. The van der Waals surface area contributed by atoms with Gasteiger partial charge in [0.25, 0.3) is 0 Å². The zero-order chi connectivity index (χ0) is 27.2. The minimum atomic E-state index is -0.923. The number of ether oxygens (including phenoxy) is 1. The number of aromatic carboxylic acids is 1. The third-order valence-corrected chi connectivity index (χ3v) is 7.06. The average molecular weight is 553 g/mol. The van der Waals surface area contributed by atoms with Gasteiger partial charge in [0.15, 0.2) is 0 Å². The molecule has 0 saturated heterocycles. The van der Waals surface area contributed by atoms with Crippen molar-refractivity contribution in [1.82, 2.24) is 15.1 Å². The predicted molar refractivity (Wildman–Crippen MR) is 152 cm³/mol. The van der Waals surface area contributed by atoms with E-state index in [0.717, 1.165) is 52.2 Å². The van der Waals surface area contributed by atoms with Crippen LogP contribution in [0, 0.1) is 13.8 Å². The largest absolute Gasteiger partial charge is 0.487 e. The molecule has 0 radical (unpaired) electrons. The molecule has 0 unspecified atom stereocenters. The van der Waals surface area contributed by atoms with Crippen molar-refractivity contribution in [2.75, 3.05) is 0 Å². The Kier molecular flexibility index (Phi) is 9.10. The molecule has 38 heavy (non-hydrogen) atoms. The zero-order valence-corrected chi connectivity index (χ0v) is 23.2. The van der Waals surface area contributed by atoms with Gasteiger partial charge < -0.3 is 15.2 Å². The molecule has 2 N–H and O–H groups in total. The molecule has 0 amide bonds. The van der Waals surface area contributed by atoms with Crippen molar-refractivity contribution < 1.29 is 14.6 Å². The fraction of sp³-hybridized carbons (Fsp3) is 0.267. The summed E-state index contributed by atoms with van der Waals surface area (Å²) in [6.45, 7) is 7.75. The van der Waals surface area contributed by atoms with E-state index in [9.17, 15) is 9.90 Å². The van der Waals surface area contributed by atoms with Gasteiger partial charge in [-0.3, -0.25) is 0 Å². The third-order valence-electron chi connectivity index (χ3n) is 6.45. The SMILES string of the molecule is CCCc1c(C)nn(-c2c(Cl)cccc2Cl)c1COc1ccc(CNCc2cccc(C(=O)O)c2)c(C)c1. The fourth-order valence-corrected chi connectivity index (χ4v) is 5.03. The van der Waals surface area contributed by atoms with Crippen molar-refractivity contribution in [3.05, 3.63) is 110 Å². The van der Waals surface area contributed by atoms with Gasteiger partial charge in [0, 0.05) is 18.7 Å². The van der Waals surface area contributed by atoms with Crippen LogP contribution in [0.5, 0.6) is 5.75 Å². The van der Waals surface area contributed by atoms with Crippen molar-refractivity contribution >= 4 is 29.2 Å². The summed E-state index contributed by atoms with van der Waals surface area (Å²) in [5.41, 5.74) is 7.14. The van der Waals surface area contributed by atoms with Gasteiger partial charge >= 0.3 is 5.97 Å². The molecule has 6 nitrogen and oxygen atoms in total. The van der Waals surface area contributed by atoms with Crippen LogP contribution in [-0.2, 0) is 26.1 Å². The molecule has 1 heterocycles. The van der Waals surface area contributed by atoms with Crippen molar-refractivity contribution in [1.29, 1.82) is 0 Å². The minimum Gasteiger partial charge on any atom is -0.487 e. The lowest BCUT2D eigenvalue weighted by molar-refractivity contribution is 0.0696. The lowest BCUT2D eigenvalue weighted by Gasteiger charge is -2.15. The summed E-state index contributed by atoms with van der Waals surface area (Å²) < 4.78 is 8.07. The van der Waals surface area contributed by atoms with Gasteiger partial charge in [-0.2, -0.15) is 5.10 Å². The lowest BCUT2D eigenvalue weighted by atomic mass is 10.1. The lowest BCUT2D eigenvalue weighted by Crippen LogP contribution is -2.14. The number of para-hydroxylation sites is 1. The van der Waals surface area contributed by atoms with Gasteiger partial charge in [0.1, 0.15) is 18.0 Å². The number of aromatic nitrogens is 2. The molecule has 1 aromatic heterocycles. The summed E-state index contributed by atoms with van der Waals surface area (Å²) in [5, 5.41) is 18.4. The highest BCUT2D eigenvalue weighted by atomic mass is 35.5. The van der Waals surface area contributed by atoms with Gasteiger partial charge in [-0.25, -0.2) is 9.48 Å². The number of nitrogens with one attached hydrogen (secondary N) is 1. The fourth-order valence-electron chi connectivity index (χ4n) is 4.47. The molecule has 0 aliphatic heterocycles. The maximum absolute atomic E-state index is 11.2. The highest BCUT2D eigenvalue weighted by Gasteiger charge is 2.20. The standard InChI is InChI=1S/C30H31Cl2N3O3/c1-4-7-25-20(3)34-35(29-26(31)10-6-11-27(29)32)28(25)18-38-24-13-12-23(19(2)14-24)17-33-16-21-8-5-9-22(15-21)30(36)37/h5-6,8-15,33H,4,7,16-18H2,1-3H3,(H,36,37). The Morgan fingerprint density at radius 2 is 1.76 bits per heavy atom. The second-order valence-electron chi connectivity index (χ2n) is 9.23. The Morgan fingerprint density at radius 3 is 2.45 bits per heavy atom. The van der Waals surface area contributed by atoms with E-state index in [1.165, 1.54) is 0 Å². The van der Waals surface area contributed by atoms with Gasteiger partial charge in [0.2, 0.25) is 0 Å². The minimum absolute atomic E-state index is 0.289. The molecular formula is C30H31Cl2N3O3. The normalized spacial score (nSPS) is 11.1. The second kappa shape index (κ2) is 12.5. The first kappa shape index (κ1) is 27.7. The Balaban J connectivity index is 1.47. The smallest absolute Gasteiger partial charge is 0.335 e. The number of halogens is 2. The van der Waals surface area contributed by atoms with Gasteiger partial charge in [-0.05, 0) is 73.4 Å². The first-order chi connectivity index (χ1) is 18.3. The van der Waals surface area contributed by atoms with Crippen LogP contribution >= 0.6 is 23.2 Å². The van der Waals surface area contributed by atoms with Crippen LogP contribution in [0.1, 0.15) is 57.3 Å². The number of aryl methyl sites for hydroxylation is 2. The van der Waals surface area contributed by atoms with E-state index >= 15 is 0 Å². The topological polar surface area (TPSA) is 76.4 Å². The number of hydrogen-bond acceptors (Lipinski definition) is 4. The Morgan fingerprint density at radius 1 is 1.03 bits per heavy atom.